The molecule has 1 aliphatic rings. The van der Waals surface area contributed by atoms with Crippen LogP contribution in [0.5, 0.6) is 0 Å². The molecule has 3 rings (SSSR count). The molecule has 0 N–H and O–H groups in total. The van der Waals surface area contributed by atoms with Gasteiger partial charge in [0.25, 0.3) is 0 Å². The predicted octanol–water partition coefficient (Wildman–Crippen LogP) is 3.65. The standard InChI is InChI=1S/C13H10OS/c14-11-5-4-10(8-11)12-3-1-2-9-6-7-15-13(9)12/h1-3,6-8H,4-5H2. The van der Waals surface area contributed by atoms with Gasteiger partial charge >= 0.3 is 0 Å². The van der Waals surface area contributed by atoms with Crippen LogP contribution in [0.4, 0.5) is 0 Å². The van der Waals surface area contributed by atoms with E-state index in [1.54, 1.807) is 17.4 Å². The smallest absolute Gasteiger partial charge is 0.156 e. The number of thiophene rings is 1. The van der Waals surface area contributed by atoms with Crippen molar-refractivity contribution in [3.63, 3.8) is 0 Å². The number of ketones is 1. The fourth-order valence-electron chi connectivity index (χ4n) is 2.05. The van der Waals surface area contributed by atoms with Crippen LogP contribution in [0.25, 0.3) is 15.7 Å². The number of allylic oxidation sites excluding steroid dienone is 2. The first-order valence-corrected chi connectivity index (χ1v) is 5.92. The summed E-state index contributed by atoms with van der Waals surface area (Å²) in [6.07, 6.45) is 3.38. The van der Waals surface area contributed by atoms with Gasteiger partial charge in [-0.05, 0) is 40.5 Å². The van der Waals surface area contributed by atoms with Gasteiger partial charge in [-0.1, -0.05) is 18.2 Å². The number of hydrogen-bond donors (Lipinski definition) is 0. The summed E-state index contributed by atoms with van der Waals surface area (Å²) in [6.45, 7) is 0. The quantitative estimate of drug-likeness (QED) is 0.708. The zero-order valence-electron chi connectivity index (χ0n) is 8.19. The SMILES string of the molecule is O=C1C=C(c2cccc3ccsc23)CC1. The van der Waals surface area contributed by atoms with E-state index < -0.39 is 0 Å². The van der Waals surface area contributed by atoms with Crippen molar-refractivity contribution in [2.75, 3.05) is 0 Å². The molecule has 1 aliphatic carbocycles. The van der Waals surface area contributed by atoms with Gasteiger partial charge in [0.15, 0.2) is 5.78 Å². The Morgan fingerprint density at radius 2 is 2.07 bits per heavy atom. The Balaban J connectivity index is 2.22. The van der Waals surface area contributed by atoms with Crippen LogP contribution in [0, 0.1) is 0 Å². The Morgan fingerprint density at radius 1 is 1.13 bits per heavy atom. The third-order valence-electron chi connectivity index (χ3n) is 2.80. The molecule has 2 aromatic rings. The lowest BCUT2D eigenvalue weighted by Gasteiger charge is -2.02. The molecule has 0 radical (unpaired) electrons. The summed E-state index contributed by atoms with van der Waals surface area (Å²) in [5.74, 6) is 0.263. The van der Waals surface area contributed by atoms with E-state index >= 15 is 0 Å². The van der Waals surface area contributed by atoms with Crippen LogP contribution in [0.2, 0.25) is 0 Å². The first-order valence-electron chi connectivity index (χ1n) is 5.04. The molecule has 0 bridgehead atoms. The van der Waals surface area contributed by atoms with Crippen LogP contribution >= 0.6 is 11.3 Å². The Morgan fingerprint density at radius 3 is 2.87 bits per heavy atom. The van der Waals surface area contributed by atoms with Crippen molar-refractivity contribution in [1.29, 1.82) is 0 Å². The molecule has 1 aromatic carbocycles. The minimum Gasteiger partial charge on any atom is -0.295 e. The van der Waals surface area contributed by atoms with Crippen LogP contribution in [-0.4, -0.2) is 5.78 Å². The van der Waals surface area contributed by atoms with E-state index in [2.05, 4.69) is 29.6 Å². The predicted molar refractivity (Wildman–Crippen MR) is 64.0 cm³/mol. The molecule has 0 aliphatic heterocycles. The van der Waals surface area contributed by atoms with Crippen molar-refractivity contribution >= 4 is 32.8 Å². The monoisotopic (exact) mass is 214 g/mol. The summed E-state index contributed by atoms with van der Waals surface area (Å²) < 4.78 is 1.30. The average molecular weight is 214 g/mol. The summed E-state index contributed by atoms with van der Waals surface area (Å²) in [6, 6.07) is 8.42. The van der Waals surface area contributed by atoms with Gasteiger partial charge in [-0.25, -0.2) is 0 Å². The van der Waals surface area contributed by atoms with Crippen molar-refractivity contribution in [3.8, 4) is 0 Å². The summed E-state index contributed by atoms with van der Waals surface area (Å²) in [4.78, 5) is 11.2. The Hall–Kier alpha value is -1.41. The van der Waals surface area contributed by atoms with Gasteiger partial charge in [-0.15, -0.1) is 11.3 Å². The maximum Gasteiger partial charge on any atom is 0.156 e. The average Bonchev–Trinajstić information content (AvgIpc) is 2.84. The highest BCUT2D eigenvalue weighted by Gasteiger charge is 2.15. The number of fused-ring (bicyclic) bond motifs is 1. The molecule has 0 fully saturated rings. The normalized spacial score (nSPS) is 16.0. The molecule has 1 nitrogen and oxygen atoms in total. The Kier molecular flexibility index (Phi) is 1.96. The van der Waals surface area contributed by atoms with E-state index in [-0.39, 0.29) is 5.78 Å². The third-order valence-corrected chi connectivity index (χ3v) is 3.76. The van der Waals surface area contributed by atoms with Gasteiger partial charge in [0.05, 0.1) is 0 Å². The van der Waals surface area contributed by atoms with Crippen LogP contribution in [-0.2, 0) is 4.79 Å². The summed E-state index contributed by atoms with van der Waals surface area (Å²) in [7, 11) is 0. The van der Waals surface area contributed by atoms with E-state index in [0.29, 0.717) is 6.42 Å². The van der Waals surface area contributed by atoms with Crippen molar-refractivity contribution in [2.24, 2.45) is 0 Å². The number of carbonyl (C=O) groups is 1. The molecular weight excluding hydrogens is 204 g/mol. The van der Waals surface area contributed by atoms with Gasteiger partial charge in [-0.2, -0.15) is 0 Å². The molecule has 2 heteroatoms. The Bertz CT molecular complexity index is 563. The maximum atomic E-state index is 11.2. The van der Waals surface area contributed by atoms with Crippen LogP contribution < -0.4 is 0 Å². The van der Waals surface area contributed by atoms with E-state index in [1.807, 2.05) is 0 Å². The van der Waals surface area contributed by atoms with Crippen molar-refractivity contribution in [2.45, 2.75) is 12.8 Å². The van der Waals surface area contributed by atoms with Gasteiger partial charge in [0.2, 0.25) is 0 Å². The largest absolute Gasteiger partial charge is 0.295 e. The molecule has 15 heavy (non-hydrogen) atoms. The molecule has 74 valence electrons. The minimum atomic E-state index is 0.263. The lowest BCUT2D eigenvalue weighted by atomic mass is 10.0. The van der Waals surface area contributed by atoms with Crippen molar-refractivity contribution < 1.29 is 4.79 Å². The second-order valence-corrected chi connectivity index (χ2v) is 4.70. The number of benzene rings is 1. The molecule has 0 amide bonds. The van der Waals surface area contributed by atoms with E-state index in [9.17, 15) is 4.79 Å². The van der Waals surface area contributed by atoms with E-state index in [4.69, 9.17) is 0 Å². The highest BCUT2D eigenvalue weighted by Crippen LogP contribution is 2.34. The molecule has 0 saturated carbocycles. The molecular formula is C13H10OS. The molecule has 1 heterocycles. The first kappa shape index (κ1) is 8.86. The van der Waals surface area contributed by atoms with Gasteiger partial charge in [0, 0.05) is 11.1 Å². The fraction of sp³-hybridized carbons (Fsp3) is 0.154. The van der Waals surface area contributed by atoms with Crippen LogP contribution in [0.1, 0.15) is 18.4 Å². The van der Waals surface area contributed by atoms with Crippen LogP contribution in [0.3, 0.4) is 0 Å². The molecule has 1 aromatic heterocycles. The third kappa shape index (κ3) is 1.41. The van der Waals surface area contributed by atoms with Gasteiger partial charge < -0.3 is 0 Å². The molecule has 0 atom stereocenters. The fourth-order valence-corrected chi connectivity index (χ4v) is 3.00. The molecule has 0 saturated heterocycles. The maximum absolute atomic E-state index is 11.2. The zero-order chi connectivity index (χ0) is 10.3. The lowest BCUT2D eigenvalue weighted by molar-refractivity contribution is -0.114. The topological polar surface area (TPSA) is 17.1 Å². The highest BCUT2D eigenvalue weighted by atomic mass is 32.1. The number of hydrogen-bond acceptors (Lipinski definition) is 2. The van der Waals surface area contributed by atoms with Gasteiger partial charge in [-0.3, -0.25) is 4.79 Å². The van der Waals surface area contributed by atoms with E-state index in [0.717, 1.165) is 6.42 Å². The highest BCUT2D eigenvalue weighted by molar-refractivity contribution is 7.17. The molecule has 0 unspecified atom stereocenters. The second kappa shape index (κ2) is 3.31. The minimum absolute atomic E-state index is 0.263. The van der Waals surface area contributed by atoms with Gasteiger partial charge in [0.1, 0.15) is 0 Å². The summed E-state index contributed by atoms with van der Waals surface area (Å²) in [5.41, 5.74) is 2.45. The second-order valence-electron chi connectivity index (χ2n) is 3.78. The zero-order valence-corrected chi connectivity index (χ0v) is 9.01. The molecule has 0 spiro atoms. The summed E-state index contributed by atoms with van der Waals surface area (Å²) >= 11 is 1.75. The number of rotatable bonds is 1. The first-order chi connectivity index (χ1) is 7.34. The Labute approximate surface area is 92.0 Å². The van der Waals surface area contributed by atoms with E-state index in [1.165, 1.54) is 21.2 Å². The summed E-state index contributed by atoms with van der Waals surface area (Å²) in [5, 5.41) is 3.38. The van der Waals surface area contributed by atoms with Crippen molar-refractivity contribution in [3.05, 3.63) is 41.3 Å². The van der Waals surface area contributed by atoms with Crippen molar-refractivity contribution in [1.82, 2.24) is 0 Å². The number of carbonyl (C=O) groups excluding carboxylic acids is 1. The van der Waals surface area contributed by atoms with Crippen LogP contribution in [0.15, 0.2) is 35.7 Å². The lowest BCUT2D eigenvalue weighted by Crippen LogP contribution is -1.80.